The number of thioether (sulfide) groups is 1. The van der Waals surface area contributed by atoms with Gasteiger partial charge in [0.1, 0.15) is 6.54 Å². The summed E-state index contributed by atoms with van der Waals surface area (Å²) in [6.07, 6.45) is 1.67. The molecule has 34 heavy (non-hydrogen) atoms. The number of rotatable bonds is 6. The molecule has 1 saturated heterocycles. The molecule has 0 aliphatic carbocycles. The van der Waals surface area contributed by atoms with Crippen LogP contribution in [0.4, 0.5) is 10.5 Å². The molecule has 1 heterocycles. The van der Waals surface area contributed by atoms with E-state index in [0.717, 1.165) is 37.6 Å². The molecule has 3 amide bonds. The number of hydrogen-bond donors (Lipinski definition) is 1. The Morgan fingerprint density at radius 3 is 2.29 bits per heavy atom. The number of nitrogens with one attached hydrogen (secondary N) is 1. The van der Waals surface area contributed by atoms with Crippen molar-refractivity contribution in [2.75, 3.05) is 11.9 Å². The lowest BCUT2D eigenvalue weighted by Crippen LogP contribution is -2.36. The minimum atomic E-state index is -0.481. The number of amides is 3. The highest BCUT2D eigenvalue weighted by Crippen LogP contribution is 2.33. The van der Waals surface area contributed by atoms with Gasteiger partial charge in [-0.1, -0.05) is 59.3 Å². The fourth-order valence-corrected chi connectivity index (χ4v) is 5.01. The first-order valence-corrected chi connectivity index (χ1v) is 12.5. The molecule has 0 saturated carbocycles. The summed E-state index contributed by atoms with van der Waals surface area (Å²) in [4.78, 5) is 41.0. The second-order valence-electron chi connectivity index (χ2n) is 7.76. The molecule has 0 atom stereocenters. The van der Waals surface area contributed by atoms with Crippen molar-refractivity contribution in [1.29, 1.82) is 0 Å². The number of nitrogens with zero attached hydrogens (tertiary/aromatic N) is 1. The van der Waals surface area contributed by atoms with Gasteiger partial charge in [0.05, 0.1) is 4.91 Å². The molecule has 0 radical (unpaired) electrons. The van der Waals surface area contributed by atoms with Crippen molar-refractivity contribution >= 4 is 63.9 Å². The topological polar surface area (TPSA) is 66.5 Å². The Morgan fingerprint density at radius 1 is 1.00 bits per heavy atom. The highest BCUT2D eigenvalue weighted by atomic mass is 35.5. The summed E-state index contributed by atoms with van der Waals surface area (Å²) in [5, 5.41) is 2.72. The third-order valence-corrected chi connectivity index (χ3v) is 7.40. The second kappa shape index (κ2) is 10.5. The number of halogens is 1. The number of imide groups is 1. The highest BCUT2D eigenvalue weighted by Gasteiger charge is 2.36. The zero-order chi connectivity index (χ0) is 24.2. The van der Waals surface area contributed by atoms with Crippen LogP contribution in [0.25, 0.3) is 6.08 Å². The van der Waals surface area contributed by atoms with Crippen LogP contribution in [-0.4, -0.2) is 28.5 Å². The van der Waals surface area contributed by atoms with Crippen molar-refractivity contribution in [3.05, 3.63) is 93.3 Å². The lowest BCUT2D eigenvalue weighted by Gasteiger charge is -2.13. The molecule has 0 unspecified atom stereocenters. The van der Waals surface area contributed by atoms with Crippen LogP contribution in [0.2, 0.25) is 5.02 Å². The van der Waals surface area contributed by atoms with E-state index in [1.165, 1.54) is 5.56 Å². The Hall–Kier alpha value is -3.00. The van der Waals surface area contributed by atoms with Gasteiger partial charge in [0.25, 0.3) is 11.1 Å². The molecule has 0 spiro atoms. The number of hydrogen-bond acceptors (Lipinski definition) is 5. The lowest BCUT2D eigenvalue weighted by molar-refractivity contribution is -0.127. The van der Waals surface area contributed by atoms with E-state index in [9.17, 15) is 14.4 Å². The summed E-state index contributed by atoms with van der Waals surface area (Å²) in [6, 6.07) is 21.2. The fourth-order valence-electron chi connectivity index (χ4n) is 3.18. The zero-order valence-corrected chi connectivity index (χ0v) is 20.9. The Balaban J connectivity index is 1.39. The van der Waals surface area contributed by atoms with Crippen LogP contribution in [0, 0.1) is 13.8 Å². The maximum absolute atomic E-state index is 12.8. The lowest BCUT2D eigenvalue weighted by atomic mass is 10.2. The predicted molar refractivity (Wildman–Crippen MR) is 139 cm³/mol. The maximum Gasteiger partial charge on any atom is 0.294 e. The molecule has 8 heteroatoms. The molecule has 172 valence electrons. The molecule has 4 rings (SSSR count). The number of benzene rings is 3. The van der Waals surface area contributed by atoms with Gasteiger partial charge in [0.2, 0.25) is 5.91 Å². The second-order valence-corrected chi connectivity index (χ2v) is 10.3. The maximum atomic E-state index is 12.8. The summed E-state index contributed by atoms with van der Waals surface area (Å²) in [7, 11) is 0. The van der Waals surface area contributed by atoms with E-state index >= 15 is 0 Å². The third kappa shape index (κ3) is 5.91. The van der Waals surface area contributed by atoms with E-state index in [1.807, 2.05) is 31.2 Å². The zero-order valence-electron chi connectivity index (χ0n) is 18.5. The van der Waals surface area contributed by atoms with E-state index in [4.69, 9.17) is 11.6 Å². The number of anilines is 1. The van der Waals surface area contributed by atoms with Crippen LogP contribution in [0.5, 0.6) is 0 Å². The van der Waals surface area contributed by atoms with Gasteiger partial charge in [-0.2, -0.15) is 0 Å². The van der Waals surface area contributed by atoms with Crippen molar-refractivity contribution < 1.29 is 14.4 Å². The third-order valence-electron chi connectivity index (χ3n) is 5.07. The molecule has 1 fully saturated rings. The van der Waals surface area contributed by atoms with E-state index in [1.54, 1.807) is 36.0 Å². The monoisotopic (exact) mass is 508 g/mol. The van der Waals surface area contributed by atoms with Crippen LogP contribution >= 0.6 is 35.1 Å². The van der Waals surface area contributed by atoms with Gasteiger partial charge in [-0.3, -0.25) is 19.3 Å². The summed E-state index contributed by atoms with van der Waals surface area (Å²) in [5.74, 6) is -0.953. The van der Waals surface area contributed by atoms with Crippen LogP contribution < -0.4 is 5.32 Å². The predicted octanol–water partition coefficient (Wildman–Crippen LogP) is 6.78. The van der Waals surface area contributed by atoms with Crippen LogP contribution in [0.3, 0.4) is 0 Å². The molecular formula is C26H21ClN2O3S2. The molecule has 3 aromatic carbocycles. The first-order valence-electron chi connectivity index (χ1n) is 10.4. The molecule has 0 bridgehead atoms. The number of carbonyl (C=O) groups is 3. The van der Waals surface area contributed by atoms with Crippen molar-refractivity contribution in [2.45, 2.75) is 23.6 Å². The minimum Gasteiger partial charge on any atom is -0.324 e. The van der Waals surface area contributed by atoms with Gasteiger partial charge < -0.3 is 5.32 Å². The summed E-state index contributed by atoms with van der Waals surface area (Å²) in [5.41, 5.74) is 3.41. The molecule has 3 aromatic rings. The summed E-state index contributed by atoms with van der Waals surface area (Å²) in [6.45, 7) is 3.55. The number of carbonyl (C=O) groups excluding carboxylic acids is 3. The van der Waals surface area contributed by atoms with Crippen LogP contribution in [-0.2, 0) is 9.59 Å². The Morgan fingerprint density at radius 2 is 1.65 bits per heavy atom. The van der Waals surface area contributed by atoms with E-state index in [2.05, 4.69) is 36.5 Å². The standard InChI is InChI=1S/C26H21ClN2O3S2/c1-16-3-9-20(10-4-16)33-21-11-6-18(7-12-21)13-23-25(31)29(26(32)34-23)15-24(30)28-19-8-5-17(2)22(27)14-19/h3-14H,15H2,1-2H3,(H,28,30)/b23-13-. The van der Waals surface area contributed by atoms with Crippen molar-refractivity contribution in [3.8, 4) is 0 Å². The normalized spacial score (nSPS) is 14.7. The quantitative estimate of drug-likeness (QED) is 0.371. The Bertz CT molecular complexity index is 1290. The van der Waals surface area contributed by atoms with Crippen molar-refractivity contribution in [3.63, 3.8) is 0 Å². The summed E-state index contributed by atoms with van der Waals surface area (Å²) >= 11 is 8.56. The van der Waals surface area contributed by atoms with Crippen LogP contribution in [0.1, 0.15) is 16.7 Å². The smallest absolute Gasteiger partial charge is 0.294 e. The van der Waals surface area contributed by atoms with E-state index in [-0.39, 0.29) is 11.4 Å². The molecule has 1 N–H and O–H groups in total. The highest BCUT2D eigenvalue weighted by molar-refractivity contribution is 8.18. The van der Waals surface area contributed by atoms with Gasteiger partial charge in [-0.15, -0.1) is 0 Å². The summed E-state index contributed by atoms with van der Waals surface area (Å²) < 4.78 is 0. The molecular weight excluding hydrogens is 488 g/mol. The van der Waals surface area contributed by atoms with Crippen LogP contribution in [0.15, 0.2) is 81.4 Å². The number of aryl methyl sites for hydroxylation is 2. The average Bonchev–Trinajstić information content (AvgIpc) is 3.06. The molecule has 5 nitrogen and oxygen atoms in total. The van der Waals surface area contributed by atoms with Gasteiger partial charge in [-0.25, -0.2) is 0 Å². The van der Waals surface area contributed by atoms with Gasteiger partial charge in [-0.05, 0) is 79.2 Å². The molecule has 1 aliphatic heterocycles. The SMILES string of the molecule is Cc1ccc(Sc2ccc(/C=C3\SC(=O)N(CC(=O)Nc4ccc(C)c(Cl)c4)C3=O)cc2)cc1. The van der Waals surface area contributed by atoms with Crippen molar-refractivity contribution in [2.24, 2.45) is 0 Å². The molecule has 0 aromatic heterocycles. The van der Waals surface area contributed by atoms with E-state index in [0.29, 0.717) is 10.7 Å². The Labute approximate surface area is 211 Å². The van der Waals surface area contributed by atoms with E-state index < -0.39 is 17.1 Å². The first kappa shape index (κ1) is 24.1. The van der Waals surface area contributed by atoms with Gasteiger partial charge in [0.15, 0.2) is 0 Å². The first-order chi connectivity index (χ1) is 16.3. The van der Waals surface area contributed by atoms with Crippen molar-refractivity contribution in [1.82, 2.24) is 4.90 Å². The fraction of sp³-hybridized carbons (Fsp3) is 0.115. The largest absolute Gasteiger partial charge is 0.324 e. The van der Waals surface area contributed by atoms with Gasteiger partial charge >= 0.3 is 0 Å². The minimum absolute atomic E-state index is 0.287. The van der Waals surface area contributed by atoms with Gasteiger partial charge in [0, 0.05) is 20.5 Å². The molecule has 1 aliphatic rings. The Kier molecular flexibility index (Phi) is 7.46. The average molecular weight is 509 g/mol.